The van der Waals surface area contributed by atoms with Crippen molar-refractivity contribution in [1.82, 2.24) is 15.2 Å². The maximum atomic E-state index is 13.0. The van der Waals surface area contributed by atoms with Gasteiger partial charge in [-0.3, -0.25) is 4.79 Å². The Morgan fingerprint density at radius 2 is 1.82 bits per heavy atom. The van der Waals surface area contributed by atoms with Crippen molar-refractivity contribution in [2.75, 3.05) is 44.3 Å². The average molecular weight is 388 g/mol. The van der Waals surface area contributed by atoms with E-state index in [2.05, 4.69) is 10.3 Å². The molecule has 0 atom stereocenters. The van der Waals surface area contributed by atoms with Gasteiger partial charge in [0.05, 0.1) is 0 Å². The van der Waals surface area contributed by atoms with Crippen LogP contribution in [0.3, 0.4) is 0 Å². The summed E-state index contributed by atoms with van der Waals surface area (Å²) in [5.41, 5.74) is 0.968. The number of hydrogen-bond donors (Lipinski definition) is 0. The predicted octanol–water partition coefficient (Wildman–Crippen LogP) is 1.50. The van der Waals surface area contributed by atoms with Crippen molar-refractivity contribution in [3.05, 3.63) is 39.1 Å². The molecule has 2 saturated heterocycles. The first kappa shape index (κ1) is 18.7. The summed E-state index contributed by atoms with van der Waals surface area (Å²) in [5, 5.41) is 7.71. The van der Waals surface area contributed by atoms with E-state index in [4.69, 9.17) is 13.8 Å². The topological polar surface area (TPSA) is 102 Å². The Bertz CT molecular complexity index is 907. The van der Waals surface area contributed by atoms with Crippen molar-refractivity contribution < 1.29 is 18.6 Å². The summed E-state index contributed by atoms with van der Waals surface area (Å²) in [5.74, 6) is 1.25. The third kappa shape index (κ3) is 3.54. The molecule has 0 spiro atoms. The fourth-order valence-electron chi connectivity index (χ4n) is 3.87. The zero-order chi connectivity index (χ0) is 19.7. The first-order chi connectivity index (χ1) is 13.5. The molecule has 2 aliphatic heterocycles. The minimum atomic E-state index is -0.550. The van der Waals surface area contributed by atoms with Crippen molar-refractivity contribution in [1.29, 1.82) is 0 Å². The molecule has 0 saturated carbocycles. The lowest BCUT2D eigenvalue weighted by atomic mass is 9.95. The van der Waals surface area contributed by atoms with Gasteiger partial charge < -0.3 is 19.0 Å². The fourth-order valence-corrected chi connectivity index (χ4v) is 3.87. The van der Waals surface area contributed by atoms with E-state index in [1.807, 2.05) is 17.9 Å². The van der Waals surface area contributed by atoms with Crippen LogP contribution in [-0.2, 0) is 4.74 Å². The van der Waals surface area contributed by atoms with Crippen LogP contribution in [0.2, 0.25) is 0 Å². The van der Waals surface area contributed by atoms with E-state index in [-0.39, 0.29) is 17.4 Å². The Kier molecular flexibility index (Phi) is 5.17. The molecule has 0 bridgehead atoms. The average Bonchev–Trinajstić information content (AvgIpc) is 3.14. The van der Waals surface area contributed by atoms with Crippen molar-refractivity contribution in [2.24, 2.45) is 0 Å². The van der Waals surface area contributed by atoms with Crippen molar-refractivity contribution in [3.8, 4) is 0 Å². The number of aryl methyl sites for hydroxylation is 2. The molecular weight excluding hydrogens is 364 g/mol. The maximum absolute atomic E-state index is 13.0. The van der Waals surface area contributed by atoms with Crippen LogP contribution < -0.4 is 10.5 Å². The van der Waals surface area contributed by atoms with E-state index < -0.39 is 5.63 Å². The van der Waals surface area contributed by atoms with Crippen LogP contribution in [0.1, 0.15) is 46.1 Å². The Hall–Kier alpha value is -2.68. The van der Waals surface area contributed by atoms with Gasteiger partial charge in [0.25, 0.3) is 5.91 Å². The zero-order valence-corrected chi connectivity index (χ0v) is 16.1. The second-order valence-corrected chi connectivity index (χ2v) is 7.33. The summed E-state index contributed by atoms with van der Waals surface area (Å²) in [6.45, 7) is 7.15. The molecule has 150 valence electrons. The SMILES string of the molecule is Cc1cc(C2CCOCC2)oc(=O)c1C(=O)N1CCN(c2nonc2C)CC1. The van der Waals surface area contributed by atoms with Crippen LogP contribution in [-0.4, -0.2) is 60.5 Å². The highest BCUT2D eigenvalue weighted by atomic mass is 16.6. The third-order valence-electron chi connectivity index (χ3n) is 5.50. The number of hydrogen-bond acceptors (Lipinski definition) is 8. The maximum Gasteiger partial charge on any atom is 0.349 e. The minimum Gasteiger partial charge on any atom is -0.427 e. The molecule has 0 aromatic carbocycles. The number of carbonyl (C=O) groups is 1. The Morgan fingerprint density at radius 1 is 1.11 bits per heavy atom. The van der Waals surface area contributed by atoms with Gasteiger partial charge >= 0.3 is 5.63 Å². The summed E-state index contributed by atoms with van der Waals surface area (Å²) in [6.07, 6.45) is 1.65. The first-order valence-electron chi connectivity index (χ1n) is 9.60. The van der Waals surface area contributed by atoms with Crippen molar-refractivity contribution in [3.63, 3.8) is 0 Å². The Morgan fingerprint density at radius 3 is 2.43 bits per heavy atom. The molecular formula is C19H24N4O5. The van der Waals surface area contributed by atoms with Gasteiger partial charge in [-0.25, -0.2) is 9.42 Å². The Balaban J connectivity index is 1.48. The van der Waals surface area contributed by atoms with E-state index in [9.17, 15) is 9.59 Å². The number of carbonyl (C=O) groups excluding carboxylic acids is 1. The minimum absolute atomic E-state index is 0.128. The Labute approximate surface area is 162 Å². The molecule has 2 aromatic rings. The normalized spacial score (nSPS) is 18.5. The molecule has 9 heteroatoms. The number of rotatable bonds is 3. The number of aromatic nitrogens is 2. The lowest BCUT2D eigenvalue weighted by molar-refractivity contribution is 0.0732. The number of anilines is 1. The van der Waals surface area contributed by atoms with Gasteiger partial charge in [0.15, 0.2) is 5.82 Å². The fraction of sp³-hybridized carbons (Fsp3) is 0.579. The van der Waals surface area contributed by atoms with E-state index in [1.54, 1.807) is 11.8 Å². The third-order valence-corrected chi connectivity index (χ3v) is 5.50. The summed E-state index contributed by atoms with van der Waals surface area (Å²) < 4.78 is 15.7. The lowest BCUT2D eigenvalue weighted by Gasteiger charge is -2.34. The molecule has 9 nitrogen and oxygen atoms in total. The number of piperazine rings is 1. The standard InChI is InChI=1S/C19H24N4O5/c1-12-11-15(14-3-9-26-10-4-14)27-19(25)16(12)18(24)23-7-5-22(6-8-23)17-13(2)20-28-21-17/h11,14H,3-10H2,1-2H3. The molecule has 4 heterocycles. The molecule has 2 aliphatic rings. The molecule has 2 fully saturated rings. The lowest BCUT2D eigenvalue weighted by Crippen LogP contribution is -2.50. The second kappa shape index (κ2) is 7.75. The highest BCUT2D eigenvalue weighted by Gasteiger charge is 2.29. The molecule has 0 N–H and O–H groups in total. The summed E-state index contributed by atoms with van der Waals surface area (Å²) in [4.78, 5) is 29.3. The highest BCUT2D eigenvalue weighted by molar-refractivity contribution is 5.95. The van der Waals surface area contributed by atoms with Crippen LogP contribution in [0.5, 0.6) is 0 Å². The highest BCUT2D eigenvalue weighted by Crippen LogP contribution is 2.27. The molecule has 1 amide bonds. The molecule has 4 rings (SSSR count). The van der Waals surface area contributed by atoms with Gasteiger partial charge in [0.1, 0.15) is 17.0 Å². The second-order valence-electron chi connectivity index (χ2n) is 7.33. The molecule has 0 aliphatic carbocycles. The predicted molar refractivity (Wildman–Crippen MR) is 99.7 cm³/mol. The van der Waals surface area contributed by atoms with Crippen molar-refractivity contribution in [2.45, 2.75) is 32.6 Å². The van der Waals surface area contributed by atoms with Gasteiger partial charge in [-0.15, -0.1) is 0 Å². The van der Waals surface area contributed by atoms with Gasteiger partial charge in [-0.1, -0.05) is 5.16 Å². The van der Waals surface area contributed by atoms with Crippen LogP contribution in [0.25, 0.3) is 0 Å². The van der Waals surface area contributed by atoms with Crippen LogP contribution in [0, 0.1) is 13.8 Å². The monoisotopic (exact) mass is 388 g/mol. The largest absolute Gasteiger partial charge is 0.427 e. The van der Waals surface area contributed by atoms with Crippen molar-refractivity contribution >= 4 is 11.7 Å². The van der Waals surface area contributed by atoms with Gasteiger partial charge in [-0.2, -0.15) is 0 Å². The van der Waals surface area contributed by atoms with E-state index in [0.717, 1.165) is 18.5 Å². The smallest absolute Gasteiger partial charge is 0.349 e. The first-order valence-corrected chi connectivity index (χ1v) is 9.60. The van der Waals surface area contributed by atoms with E-state index in [1.165, 1.54) is 0 Å². The summed E-state index contributed by atoms with van der Waals surface area (Å²) in [7, 11) is 0. The summed E-state index contributed by atoms with van der Waals surface area (Å²) >= 11 is 0. The molecule has 0 radical (unpaired) electrons. The number of nitrogens with zero attached hydrogens (tertiary/aromatic N) is 4. The van der Waals surface area contributed by atoms with Crippen LogP contribution in [0.15, 0.2) is 19.9 Å². The molecule has 2 aromatic heterocycles. The zero-order valence-electron chi connectivity index (χ0n) is 16.1. The molecule has 28 heavy (non-hydrogen) atoms. The van der Waals surface area contributed by atoms with E-state index >= 15 is 0 Å². The van der Waals surface area contributed by atoms with Gasteiger partial charge in [0, 0.05) is 45.3 Å². The summed E-state index contributed by atoms with van der Waals surface area (Å²) in [6, 6.07) is 1.84. The van der Waals surface area contributed by atoms with Crippen LogP contribution >= 0.6 is 0 Å². The quantitative estimate of drug-likeness (QED) is 0.779. The molecule has 0 unspecified atom stereocenters. The number of ether oxygens (including phenoxy) is 1. The van der Waals surface area contributed by atoms with Gasteiger partial charge in [-0.05, 0) is 43.5 Å². The van der Waals surface area contributed by atoms with Crippen LogP contribution in [0.4, 0.5) is 5.82 Å². The van der Waals surface area contributed by atoms with Gasteiger partial charge in [0.2, 0.25) is 0 Å². The number of amides is 1. The van der Waals surface area contributed by atoms with E-state index in [0.29, 0.717) is 56.5 Å².